The van der Waals surface area contributed by atoms with Crippen molar-refractivity contribution in [2.45, 2.75) is 55.2 Å². The van der Waals surface area contributed by atoms with Crippen LogP contribution in [0.5, 0.6) is 0 Å². The molecular formula is C14H19N3S2. The topological polar surface area (TPSA) is 31.9 Å². The van der Waals surface area contributed by atoms with Gasteiger partial charge in [-0.3, -0.25) is 0 Å². The fourth-order valence-corrected chi connectivity index (χ4v) is 5.37. The average molecular weight is 293 g/mol. The smallest absolute Gasteiger partial charge is 0.134 e. The number of nitrogens with one attached hydrogen (secondary N) is 1. The highest BCUT2D eigenvalue weighted by Crippen LogP contribution is 2.41. The maximum Gasteiger partial charge on any atom is 0.134 e. The van der Waals surface area contributed by atoms with Crippen LogP contribution in [0.3, 0.4) is 0 Å². The predicted octanol–water partition coefficient (Wildman–Crippen LogP) is 3.23. The first-order chi connectivity index (χ1) is 9.22. The fraction of sp³-hybridized carbons (Fsp3) is 0.714. The number of rotatable bonds is 1. The third-order valence-electron chi connectivity index (χ3n) is 5.10. The van der Waals surface area contributed by atoms with E-state index >= 15 is 0 Å². The minimum atomic E-state index is 0.589. The number of hydrogen-bond donors (Lipinski definition) is 1. The number of fused-ring (bicyclic) bond motifs is 3. The summed E-state index contributed by atoms with van der Waals surface area (Å²) in [4.78, 5) is 10.9. The molecule has 102 valence electrons. The molecule has 4 rings (SSSR count). The number of nitrogens with zero attached hydrogens (tertiary/aromatic N) is 2. The van der Waals surface area contributed by atoms with Gasteiger partial charge in [-0.1, -0.05) is 12.2 Å². The number of aromatic nitrogens is 2. The van der Waals surface area contributed by atoms with Gasteiger partial charge in [0.15, 0.2) is 0 Å². The van der Waals surface area contributed by atoms with Crippen LogP contribution in [0.25, 0.3) is 0 Å². The van der Waals surface area contributed by atoms with Gasteiger partial charge in [0, 0.05) is 40.8 Å². The molecule has 2 fully saturated rings. The van der Waals surface area contributed by atoms with E-state index in [-0.39, 0.29) is 0 Å². The molecule has 0 radical (unpaired) electrons. The SMILES string of the molecule is CN1C2CCC1CC(c1nc(=S)c3c([nH]1)CSC3)C2. The van der Waals surface area contributed by atoms with Gasteiger partial charge in [0.1, 0.15) is 10.5 Å². The van der Waals surface area contributed by atoms with Gasteiger partial charge >= 0.3 is 0 Å². The van der Waals surface area contributed by atoms with Gasteiger partial charge in [-0.05, 0) is 32.7 Å². The molecule has 3 aliphatic heterocycles. The van der Waals surface area contributed by atoms with Crippen molar-refractivity contribution in [3.8, 4) is 0 Å². The molecule has 3 aliphatic rings. The zero-order valence-corrected chi connectivity index (χ0v) is 12.8. The van der Waals surface area contributed by atoms with E-state index in [1.807, 2.05) is 11.8 Å². The van der Waals surface area contributed by atoms with E-state index in [4.69, 9.17) is 17.2 Å². The largest absolute Gasteiger partial charge is 0.346 e. The molecule has 4 heterocycles. The highest BCUT2D eigenvalue weighted by molar-refractivity contribution is 7.98. The second-order valence-electron chi connectivity index (χ2n) is 6.10. The van der Waals surface area contributed by atoms with Crippen molar-refractivity contribution in [3.05, 3.63) is 21.7 Å². The monoisotopic (exact) mass is 293 g/mol. The highest BCUT2D eigenvalue weighted by atomic mass is 32.2. The van der Waals surface area contributed by atoms with Crippen LogP contribution in [0.2, 0.25) is 0 Å². The molecule has 5 heteroatoms. The molecule has 2 saturated heterocycles. The highest BCUT2D eigenvalue weighted by Gasteiger charge is 2.39. The van der Waals surface area contributed by atoms with Gasteiger partial charge in [0.2, 0.25) is 0 Å². The molecule has 0 spiro atoms. The van der Waals surface area contributed by atoms with E-state index in [2.05, 4.69) is 16.9 Å². The van der Waals surface area contributed by atoms with Gasteiger partial charge in [-0.25, -0.2) is 4.98 Å². The molecule has 2 unspecified atom stereocenters. The normalized spacial score (nSPS) is 33.6. The lowest BCUT2D eigenvalue weighted by Gasteiger charge is -2.35. The van der Waals surface area contributed by atoms with Crippen molar-refractivity contribution >= 4 is 24.0 Å². The fourth-order valence-electron chi connectivity index (χ4n) is 3.92. The van der Waals surface area contributed by atoms with Crippen LogP contribution in [0.15, 0.2) is 0 Å². The van der Waals surface area contributed by atoms with E-state index in [1.54, 1.807) is 0 Å². The summed E-state index contributed by atoms with van der Waals surface area (Å²) in [6.45, 7) is 0. The molecule has 1 aromatic heterocycles. The number of piperidine rings is 1. The molecule has 1 aromatic rings. The quantitative estimate of drug-likeness (QED) is 0.806. The lowest BCUT2D eigenvalue weighted by molar-refractivity contribution is 0.158. The number of thioether (sulfide) groups is 1. The first-order valence-corrected chi connectivity index (χ1v) is 8.70. The Bertz CT molecular complexity index is 554. The second kappa shape index (κ2) is 4.57. The third kappa shape index (κ3) is 1.98. The summed E-state index contributed by atoms with van der Waals surface area (Å²) in [7, 11) is 2.29. The third-order valence-corrected chi connectivity index (χ3v) is 6.42. The van der Waals surface area contributed by atoms with E-state index in [0.717, 1.165) is 34.1 Å². The standard InChI is InChI=1S/C14H19N3S2/c1-17-9-2-3-10(17)5-8(4-9)13-15-12-7-19-6-11(12)14(18)16-13/h8-10H,2-7H2,1H3,(H,15,16,18). The Morgan fingerprint density at radius 3 is 2.74 bits per heavy atom. The van der Waals surface area contributed by atoms with Crippen molar-refractivity contribution < 1.29 is 0 Å². The maximum absolute atomic E-state index is 5.48. The lowest BCUT2D eigenvalue weighted by atomic mass is 9.90. The molecular weight excluding hydrogens is 274 g/mol. The van der Waals surface area contributed by atoms with Crippen molar-refractivity contribution in [1.29, 1.82) is 0 Å². The number of H-pyrrole nitrogens is 1. The van der Waals surface area contributed by atoms with Crippen LogP contribution in [0.1, 0.15) is 48.7 Å². The molecule has 0 aromatic carbocycles. The van der Waals surface area contributed by atoms with Gasteiger partial charge in [-0.15, -0.1) is 0 Å². The van der Waals surface area contributed by atoms with Crippen LogP contribution in [0, 0.1) is 4.64 Å². The summed E-state index contributed by atoms with van der Waals surface area (Å²) in [6, 6.07) is 1.52. The van der Waals surface area contributed by atoms with Crippen LogP contribution >= 0.6 is 24.0 Å². The van der Waals surface area contributed by atoms with Crippen molar-refractivity contribution in [1.82, 2.24) is 14.9 Å². The average Bonchev–Trinajstić information content (AvgIpc) is 2.92. The van der Waals surface area contributed by atoms with Crippen LogP contribution in [-0.4, -0.2) is 34.0 Å². The Labute approximate surface area is 123 Å². The first-order valence-electron chi connectivity index (χ1n) is 7.14. The predicted molar refractivity (Wildman–Crippen MR) is 81.0 cm³/mol. The lowest BCUT2D eigenvalue weighted by Crippen LogP contribution is -2.39. The summed E-state index contributed by atoms with van der Waals surface area (Å²) in [5.74, 6) is 3.87. The summed E-state index contributed by atoms with van der Waals surface area (Å²) in [6.07, 6.45) is 5.22. The Morgan fingerprint density at radius 2 is 2.00 bits per heavy atom. The van der Waals surface area contributed by atoms with Gasteiger partial charge in [-0.2, -0.15) is 11.8 Å². The van der Waals surface area contributed by atoms with Gasteiger partial charge in [0.25, 0.3) is 0 Å². The van der Waals surface area contributed by atoms with Gasteiger partial charge in [0.05, 0.1) is 0 Å². The van der Waals surface area contributed by atoms with E-state index < -0.39 is 0 Å². The molecule has 3 nitrogen and oxygen atoms in total. The minimum absolute atomic E-state index is 0.589. The summed E-state index contributed by atoms with van der Waals surface area (Å²) >= 11 is 7.42. The van der Waals surface area contributed by atoms with Crippen molar-refractivity contribution in [2.75, 3.05) is 7.05 Å². The van der Waals surface area contributed by atoms with Crippen LogP contribution < -0.4 is 0 Å². The minimum Gasteiger partial charge on any atom is -0.346 e. The first kappa shape index (κ1) is 12.4. The van der Waals surface area contributed by atoms with E-state index in [9.17, 15) is 0 Å². The summed E-state index contributed by atoms with van der Waals surface area (Å²) < 4.78 is 0.847. The second-order valence-corrected chi connectivity index (χ2v) is 7.47. The van der Waals surface area contributed by atoms with E-state index in [1.165, 1.54) is 36.9 Å². The molecule has 2 bridgehead atoms. The Balaban J connectivity index is 1.67. The van der Waals surface area contributed by atoms with Gasteiger partial charge < -0.3 is 9.88 Å². The van der Waals surface area contributed by atoms with Crippen molar-refractivity contribution in [3.63, 3.8) is 0 Å². The molecule has 1 N–H and O–H groups in total. The molecule has 0 amide bonds. The molecule has 19 heavy (non-hydrogen) atoms. The van der Waals surface area contributed by atoms with Crippen LogP contribution in [0.4, 0.5) is 0 Å². The molecule has 2 atom stereocenters. The van der Waals surface area contributed by atoms with Crippen molar-refractivity contribution in [2.24, 2.45) is 0 Å². The molecule has 0 saturated carbocycles. The zero-order valence-electron chi connectivity index (χ0n) is 11.2. The number of aromatic amines is 1. The van der Waals surface area contributed by atoms with E-state index in [0.29, 0.717) is 5.92 Å². The zero-order chi connectivity index (χ0) is 13.0. The summed E-state index contributed by atoms with van der Waals surface area (Å²) in [5.41, 5.74) is 2.62. The molecule has 0 aliphatic carbocycles. The van der Waals surface area contributed by atoms with Crippen LogP contribution in [-0.2, 0) is 11.5 Å². The number of hydrogen-bond acceptors (Lipinski definition) is 4. The Kier molecular flexibility index (Phi) is 2.97. The maximum atomic E-state index is 5.48. The summed E-state index contributed by atoms with van der Waals surface area (Å²) in [5, 5.41) is 0. The Hall–Kier alpha value is -0.390. The Morgan fingerprint density at radius 1 is 1.26 bits per heavy atom.